The summed E-state index contributed by atoms with van der Waals surface area (Å²) in [4.78, 5) is 37.4. The lowest BCUT2D eigenvalue weighted by molar-refractivity contribution is -0.132. The summed E-state index contributed by atoms with van der Waals surface area (Å²) < 4.78 is 12.9. The van der Waals surface area contributed by atoms with E-state index < -0.39 is 17.6 Å². The van der Waals surface area contributed by atoms with Crippen LogP contribution in [-0.2, 0) is 16.0 Å². The van der Waals surface area contributed by atoms with E-state index in [4.69, 9.17) is 0 Å². The van der Waals surface area contributed by atoms with E-state index >= 15 is 0 Å². The molecule has 0 spiro atoms. The fraction of sp³-hybridized carbons (Fsp3) is 0.250. The first-order valence-electron chi connectivity index (χ1n) is 8.56. The van der Waals surface area contributed by atoms with Crippen LogP contribution in [0.25, 0.3) is 0 Å². The molecule has 0 aliphatic rings. The summed E-state index contributed by atoms with van der Waals surface area (Å²) in [5.74, 6) is -1.67. The number of rotatable bonds is 7. The molecule has 0 fully saturated rings. The van der Waals surface area contributed by atoms with E-state index in [1.165, 1.54) is 36.2 Å². The molecule has 0 saturated heterocycles. The number of para-hydroxylation sites is 1. The monoisotopic (exact) mass is 371 g/mol. The van der Waals surface area contributed by atoms with E-state index in [0.717, 1.165) is 17.7 Å². The summed E-state index contributed by atoms with van der Waals surface area (Å²) in [6.45, 7) is 1.60. The lowest BCUT2D eigenvalue weighted by Gasteiger charge is -2.18. The second-order valence-corrected chi connectivity index (χ2v) is 6.00. The molecule has 3 amide bonds. The summed E-state index contributed by atoms with van der Waals surface area (Å²) in [7, 11) is 1.48. The molecule has 0 bridgehead atoms. The zero-order valence-corrected chi connectivity index (χ0v) is 15.3. The third-order valence-electron chi connectivity index (χ3n) is 3.99. The molecule has 142 valence electrons. The zero-order valence-electron chi connectivity index (χ0n) is 15.3. The van der Waals surface area contributed by atoms with E-state index in [1.807, 2.05) is 31.2 Å². The fourth-order valence-corrected chi connectivity index (χ4v) is 2.44. The molecule has 0 saturated carbocycles. The molecular weight excluding hydrogens is 349 g/mol. The van der Waals surface area contributed by atoms with Gasteiger partial charge in [0, 0.05) is 18.3 Å². The van der Waals surface area contributed by atoms with Gasteiger partial charge in [-0.1, -0.05) is 25.1 Å². The van der Waals surface area contributed by atoms with Crippen LogP contribution in [0.2, 0.25) is 0 Å². The minimum atomic E-state index is -0.488. The standard InChI is InChI=1S/C20H22FN3O3/c1-3-14-6-4-5-7-17(14)23-18(25)13-24(2)19(26)12-22-20(27)15-8-10-16(21)11-9-15/h4-11H,3,12-13H2,1-2H3,(H,22,27)(H,23,25). The van der Waals surface area contributed by atoms with Crippen molar-refractivity contribution >= 4 is 23.4 Å². The first kappa shape index (κ1) is 20.1. The van der Waals surface area contributed by atoms with Gasteiger partial charge in [-0.3, -0.25) is 14.4 Å². The zero-order chi connectivity index (χ0) is 19.8. The summed E-state index contributed by atoms with van der Waals surface area (Å²) in [5.41, 5.74) is 1.97. The van der Waals surface area contributed by atoms with Crippen LogP contribution in [0.4, 0.5) is 10.1 Å². The third-order valence-corrected chi connectivity index (χ3v) is 3.99. The van der Waals surface area contributed by atoms with Gasteiger partial charge in [0.05, 0.1) is 13.1 Å². The van der Waals surface area contributed by atoms with Crippen molar-refractivity contribution in [1.82, 2.24) is 10.2 Å². The van der Waals surface area contributed by atoms with Gasteiger partial charge in [0.1, 0.15) is 5.82 Å². The van der Waals surface area contributed by atoms with Gasteiger partial charge in [-0.15, -0.1) is 0 Å². The topological polar surface area (TPSA) is 78.5 Å². The Morgan fingerprint density at radius 1 is 1.04 bits per heavy atom. The number of carbonyl (C=O) groups is 3. The van der Waals surface area contributed by atoms with Crippen LogP contribution in [-0.4, -0.2) is 42.8 Å². The van der Waals surface area contributed by atoms with Crippen LogP contribution in [0.3, 0.4) is 0 Å². The Hall–Kier alpha value is -3.22. The number of halogens is 1. The van der Waals surface area contributed by atoms with Crippen LogP contribution >= 0.6 is 0 Å². The molecule has 27 heavy (non-hydrogen) atoms. The maximum atomic E-state index is 12.9. The number of likely N-dealkylation sites (N-methyl/N-ethyl adjacent to an activating group) is 1. The number of aryl methyl sites for hydroxylation is 1. The molecule has 0 heterocycles. The Bertz CT molecular complexity index is 821. The van der Waals surface area contributed by atoms with Crippen molar-refractivity contribution in [3.63, 3.8) is 0 Å². The van der Waals surface area contributed by atoms with Gasteiger partial charge in [-0.25, -0.2) is 4.39 Å². The number of nitrogens with zero attached hydrogens (tertiary/aromatic N) is 1. The molecule has 6 nitrogen and oxygen atoms in total. The molecule has 0 aliphatic carbocycles. The Kier molecular flexibility index (Phi) is 7.05. The highest BCUT2D eigenvalue weighted by Crippen LogP contribution is 2.15. The number of nitrogens with one attached hydrogen (secondary N) is 2. The smallest absolute Gasteiger partial charge is 0.251 e. The van der Waals surface area contributed by atoms with Gasteiger partial charge in [0.2, 0.25) is 11.8 Å². The van der Waals surface area contributed by atoms with Crippen molar-refractivity contribution in [3.8, 4) is 0 Å². The van der Waals surface area contributed by atoms with Crippen molar-refractivity contribution in [2.24, 2.45) is 0 Å². The second-order valence-electron chi connectivity index (χ2n) is 6.00. The van der Waals surface area contributed by atoms with E-state index in [0.29, 0.717) is 0 Å². The number of hydrogen-bond donors (Lipinski definition) is 2. The minimum absolute atomic E-state index is 0.136. The summed E-state index contributed by atoms with van der Waals surface area (Å²) in [6, 6.07) is 12.5. The van der Waals surface area contributed by atoms with Gasteiger partial charge >= 0.3 is 0 Å². The summed E-state index contributed by atoms with van der Waals surface area (Å²) >= 11 is 0. The predicted octanol–water partition coefficient (Wildman–Crippen LogP) is 2.21. The quantitative estimate of drug-likeness (QED) is 0.783. The predicted molar refractivity (Wildman–Crippen MR) is 101 cm³/mol. The molecule has 2 rings (SSSR count). The van der Waals surface area contributed by atoms with E-state index in [1.54, 1.807) is 0 Å². The third kappa shape index (κ3) is 5.91. The van der Waals surface area contributed by atoms with Crippen molar-refractivity contribution in [2.45, 2.75) is 13.3 Å². The average Bonchev–Trinajstić information content (AvgIpc) is 2.66. The molecule has 0 radical (unpaired) electrons. The van der Waals surface area contributed by atoms with Crippen LogP contribution in [0.15, 0.2) is 48.5 Å². The summed E-state index contributed by atoms with van der Waals surface area (Å²) in [5, 5.41) is 5.24. The molecule has 2 aromatic carbocycles. The normalized spacial score (nSPS) is 10.2. The lowest BCUT2D eigenvalue weighted by atomic mass is 10.1. The highest BCUT2D eigenvalue weighted by Gasteiger charge is 2.15. The molecule has 0 aromatic heterocycles. The van der Waals surface area contributed by atoms with Gasteiger partial charge in [-0.05, 0) is 42.3 Å². The van der Waals surface area contributed by atoms with E-state index in [2.05, 4.69) is 10.6 Å². The maximum Gasteiger partial charge on any atom is 0.251 e. The van der Waals surface area contributed by atoms with E-state index in [-0.39, 0.29) is 24.6 Å². The van der Waals surface area contributed by atoms with Crippen LogP contribution in [0.5, 0.6) is 0 Å². The van der Waals surface area contributed by atoms with Crippen LogP contribution in [0.1, 0.15) is 22.8 Å². The van der Waals surface area contributed by atoms with Gasteiger partial charge < -0.3 is 15.5 Å². The number of carbonyl (C=O) groups excluding carboxylic acids is 3. The maximum absolute atomic E-state index is 12.9. The molecule has 7 heteroatoms. The molecule has 0 atom stereocenters. The molecule has 2 N–H and O–H groups in total. The van der Waals surface area contributed by atoms with Gasteiger partial charge in [-0.2, -0.15) is 0 Å². The SMILES string of the molecule is CCc1ccccc1NC(=O)CN(C)C(=O)CNC(=O)c1ccc(F)cc1. The van der Waals surface area contributed by atoms with Crippen molar-refractivity contribution in [3.05, 3.63) is 65.5 Å². The molecule has 0 unspecified atom stereocenters. The largest absolute Gasteiger partial charge is 0.343 e. The fourth-order valence-electron chi connectivity index (χ4n) is 2.44. The van der Waals surface area contributed by atoms with Crippen molar-refractivity contribution < 1.29 is 18.8 Å². The lowest BCUT2D eigenvalue weighted by Crippen LogP contribution is -2.41. The number of hydrogen-bond acceptors (Lipinski definition) is 3. The highest BCUT2D eigenvalue weighted by molar-refractivity contribution is 5.98. The van der Waals surface area contributed by atoms with Gasteiger partial charge in [0.15, 0.2) is 0 Å². The average molecular weight is 371 g/mol. The van der Waals surface area contributed by atoms with Crippen molar-refractivity contribution in [2.75, 3.05) is 25.5 Å². The number of amides is 3. The molecule has 0 aliphatic heterocycles. The summed E-state index contributed by atoms with van der Waals surface area (Å²) in [6.07, 6.45) is 0.778. The Morgan fingerprint density at radius 2 is 1.70 bits per heavy atom. The van der Waals surface area contributed by atoms with Crippen LogP contribution in [0, 0.1) is 5.82 Å². The Balaban J connectivity index is 1.83. The first-order chi connectivity index (χ1) is 12.9. The molecular formula is C20H22FN3O3. The number of anilines is 1. The Labute approximate surface area is 157 Å². The first-order valence-corrected chi connectivity index (χ1v) is 8.56. The number of benzene rings is 2. The highest BCUT2D eigenvalue weighted by atomic mass is 19.1. The van der Waals surface area contributed by atoms with Crippen LogP contribution < -0.4 is 10.6 Å². The van der Waals surface area contributed by atoms with Crippen molar-refractivity contribution in [1.29, 1.82) is 0 Å². The molecule has 2 aromatic rings. The second kappa shape index (κ2) is 9.47. The van der Waals surface area contributed by atoms with E-state index in [9.17, 15) is 18.8 Å². The minimum Gasteiger partial charge on any atom is -0.343 e. The Morgan fingerprint density at radius 3 is 2.37 bits per heavy atom. The van der Waals surface area contributed by atoms with Gasteiger partial charge in [0.25, 0.3) is 5.91 Å².